The lowest BCUT2D eigenvalue weighted by Gasteiger charge is -2.27. The number of carboxylic acid groups (broad SMARTS) is 1. The molecular formula is C13H20N2O3S. The smallest absolute Gasteiger partial charge is 0.317 e. The van der Waals surface area contributed by atoms with Crippen molar-refractivity contribution in [3.8, 4) is 0 Å². The van der Waals surface area contributed by atoms with E-state index in [0.29, 0.717) is 13.1 Å². The van der Waals surface area contributed by atoms with Crippen LogP contribution in [0.1, 0.15) is 30.0 Å². The molecule has 5 nitrogen and oxygen atoms in total. The van der Waals surface area contributed by atoms with Crippen LogP contribution in [0.3, 0.4) is 0 Å². The SMILES string of the molecule is CCN(C(=O)NCc1ccc(C)s1)C(C)CC(=O)O. The molecule has 2 N–H and O–H groups in total. The average molecular weight is 284 g/mol. The van der Waals surface area contributed by atoms with E-state index < -0.39 is 5.97 Å². The van der Waals surface area contributed by atoms with Crippen LogP contribution in [-0.4, -0.2) is 34.6 Å². The standard InChI is InChI=1S/C13H20N2O3S/c1-4-15(9(2)7-12(16)17)13(18)14-8-11-6-5-10(3)19-11/h5-6,9H,4,7-8H2,1-3H3,(H,14,18)(H,16,17). The monoisotopic (exact) mass is 284 g/mol. The zero-order chi connectivity index (χ0) is 14.4. The molecule has 0 aliphatic carbocycles. The maximum absolute atomic E-state index is 12.0. The van der Waals surface area contributed by atoms with Crippen LogP contribution in [0.15, 0.2) is 12.1 Å². The molecule has 1 rings (SSSR count). The molecule has 0 aliphatic rings. The summed E-state index contributed by atoms with van der Waals surface area (Å²) in [7, 11) is 0. The summed E-state index contributed by atoms with van der Waals surface area (Å²) < 4.78 is 0. The number of hydrogen-bond donors (Lipinski definition) is 2. The second-order valence-electron chi connectivity index (χ2n) is 4.40. The molecule has 0 aromatic carbocycles. The number of thiophene rings is 1. The Morgan fingerprint density at radius 3 is 2.63 bits per heavy atom. The number of nitrogens with one attached hydrogen (secondary N) is 1. The zero-order valence-corrected chi connectivity index (χ0v) is 12.3. The van der Waals surface area contributed by atoms with Gasteiger partial charge < -0.3 is 15.3 Å². The molecule has 1 unspecified atom stereocenters. The number of carboxylic acids is 1. The van der Waals surface area contributed by atoms with Gasteiger partial charge in [-0.1, -0.05) is 0 Å². The fourth-order valence-electron chi connectivity index (χ4n) is 1.86. The minimum absolute atomic E-state index is 0.0423. The third-order valence-corrected chi connectivity index (χ3v) is 3.81. The van der Waals surface area contributed by atoms with Crippen molar-refractivity contribution in [2.75, 3.05) is 6.54 Å². The number of nitrogens with zero attached hydrogens (tertiary/aromatic N) is 1. The van der Waals surface area contributed by atoms with E-state index in [1.54, 1.807) is 18.3 Å². The highest BCUT2D eigenvalue weighted by molar-refractivity contribution is 7.11. The molecule has 19 heavy (non-hydrogen) atoms. The van der Waals surface area contributed by atoms with E-state index in [2.05, 4.69) is 5.32 Å². The van der Waals surface area contributed by atoms with Gasteiger partial charge >= 0.3 is 12.0 Å². The average Bonchev–Trinajstić information content (AvgIpc) is 2.72. The highest BCUT2D eigenvalue weighted by atomic mass is 32.1. The first kappa shape index (κ1) is 15.5. The van der Waals surface area contributed by atoms with Crippen LogP contribution in [0.5, 0.6) is 0 Å². The van der Waals surface area contributed by atoms with E-state index >= 15 is 0 Å². The molecular weight excluding hydrogens is 264 g/mol. The van der Waals surface area contributed by atoms with E-state index in [0.717, 1.165) is 4.88 Å². The Morgan fingerprint density at radius 2 is 2.16 bits per heavy atom. The van der Waals surface area contributed by atoms with Crippen LogP contribution in [0.4, 0.5) is 4.79 Å². The van der Waals surface area contributed by atoms with E-state index in [9.17, 15) is 9.59 Å². The number of rotatable bonds is 6. The van der Waals surface area contributed by atoms with E-state index in [1.807, 2.05) is 26.0 Å². The van der Waals surface area contributed by atoms with Crippen molar-refractivity contribution in [2.24, 2.45) is 0 Å². The zero-order valence-electron chi connectivity index (χ0n) is 11.5. The van der Waals surface area contributed by atoms with Crippen molar-refractivity contribution < 1.29 is 14.7 Å². The van der Waals surface area contributed by atoms with Gasteiger partial charge in [0.1, 0.15) is 0 Å². The summed E-state index contributed by atoms with van der Waals surface area (Å²) in [6, 6.07) is 3.46. The Bertz CT molecular complexity index is 445. The summed E-state index contributed by atoms with van der Waals surface area (Å²) in [4.78, 5) is 26.5. The summed E-state index contributed by atoms with van der Waals surface area (Å²) in [6.07, 6.45) is -0.0423. The molecule has 1 atom stereocenters. The Hall–Kier alpha value is -1.56. The Morgan fingerprint density at radius 1 is 1.47 bits per heavy atom. The van der Waals surface area contributed by atoms with Gasteiger partial charge in [0.2, 0.25) is 0 Å². The van der Waals surface area contributed by atoms with Gasteiger partial charge in [0.05, 0.1) is 13.0 Å². The predicted octanol–water partition coefficient (Wildman–Crippen LogP) is 2.45. The first-order chi connectivity index (χ1) is 8.93. The predicted molar refractivity (Wildman–Crippen MR) is 75.4 cm³/mol. The number of carbonyl (C=O) groups is 2. The lowest BCUT2D eigenvalue weighted by atomic mass is 10.2. The Kier molecular flexibility index (Phi) is 5.82. The number of urea groups is 1. The fraction of sp³-hybridized carbons (Fsp3) is 0.538. The largest absolute Gasteiger partial charge is 0.481 e. The van der Waals surface area contributed by atoms with Gasteiger partial charge in [-0.05, 0) is 32.9 Å². The van der Waals surface area contributed by atoms with Crippen molar-refractivity contribution in [1.29, 1.82) is 0 Å². The number of amides is 2. The molecule has 0 radical (unpaired) electrons. The maximum atomic E-state index is 12.0. The summed E-state index contributed by atoms with van der Waals surface area (Å²) >= 11 is 1.64. The fourth-order valence-corrected chi connectivity index (χ4v) is 2.69. The number of aryl methyl sites for hydroxylation is 1. The molecule has 0 saturated carbocycles. The molecule has 1 aromatic heterocycles. The summed E-state index contributed by atoms with van der Waals surface area (Å²) in [5.74, 6) is -0.896. The van der Waals surface area contributed by atoms with Crippen molar-refractivity contribution in [1.82, 2.24) is 10.2 Å². The molecule has 0 spiro atoms. The van der Waals surface area contributed by atoms with Crippen LogP contribution >= 0.6 is 11.3 Å². The minimum Gasteiger partial charge on any atom is -0.481 e. The molecule has 6 heteroatoms. The van der Waals surface area contributed by atoms with Gasteiger partial charge in [0.25, 0.3) is 0 Å². The highest BCUT2D eigenvalue weighted by Crippen LogP contribution is 2.14. The van der Waals surface area contributed by atoms with Gasteiger partial charge in [0, 0.05) is 22.3 Å². The first-order valence-corrected chi connectivity index (χ1v) is 7.07. The minimum atomic E-state index is -0.896. The van der Waals surface area contributed by atoms with Gasteiger partial charge in [-0.25, -0.2) is 4.79 Å². The third-order valence-electron chi connectivity index (χ3n) is 2.81. The van der Waals surface area contributed by atoms with Crippen molar-refractivity contribution in [3.63, 3.8) is 0 Å². The van der Waals surface area contributed by atoms with Gasteiger partial charge in [-0.15, -0.1) is 11.3 Å². The maximum Gasteiger partial charge on any atom is 0.317 e. The molecule has 2 amide bonds. The topological polar surface area (TPSA) is 69.6 Å². The van der Waals surface area contributed by atoms with Crippen molar-refractivity contribution in [2.45, 2.75) is 39.8 Å². The summed E-state index contributed by atoms with van der Waals surface area (Å²) in [5.41, 5.74) is 0. The van der Waals surface area contributed by atoms with Crippen molar-refractivity contribution in [3.05, 3.63) is 21.9 Å². The summed E-state index contributed by atoms with van der Waals surface area (Å²) in [6.45, 7) is 6.57. The molecule has 0 fully saturated rings. The first-order valence-electron chi connectivity index (χ1n) is 6.25. The number of hydrogen-bond acceptors (Lipinski definition) is 3. The van der Waals surface area contributed by atoms with Crippen LogP contribution in [-0.2, 0) is 11.3 Å². The van der Waals surface area contributed by atoms with E-state index in [4.69, 9.17) is 5.11 Å². The normalized spacial score (nSPS) is 11.9. The molecule has 1 aromatic rings. The van der Waals surface area contributed by atoms with E-state index in [-0.39, 0.29) is 18.5 Å². The molecule has 0 saturated heterocycles. The molecule has 106 valence electrons. The Balaban J connectivity index is 2.51. The van der Waals surface area contributed by atoms with E-state index in [1.165, 1.54) is 9.78 Å². The van der Waals surface area contributed by atoms with Gasteiger partial charge in [-0.2, -0.15) is 0 Å². The van der Waals surface area contributed by atoms with Gasteiger partial charge in [-0.3, -0.25) is 4.79 Å². The second kappa shape index (κ2) is 7.13. The molecule has 0 bridgehead atoms. The quantitative estimate of drug-likeness (QED) is 0.843. The lowest BCUT2D eigenvalue weighted by molar-refractivity contribution is -0.138. The number of aliphatic carboxylic acids is 1. The van der Waals surface area contributed by atoms with Crippen molar-refractivity contribution >= 4 is 23.3 Å². The second-order valence-corrected chi connectivity index (χ2v) is 5.78. The van der Waals surface area contributed by atoms with Gasteiger partial charge in [0.15, 0.2) is 0 Å². The highest BCUT2D eigenvalue weighted by Gasteiger charge is 2.20. The number of carbonyl (C=O) groups excluding carboxylic acids is 1. The van der Waals surface area contributed by atoms with Crippen LogP contribution < -0.4 is 5.32 Å². The molecule has 0 aliphatic heterocycles. The van der Waals surface area contributed by atoms with Crippen LogP contribution in [0, 0.1) is 6.92 Å². The Labute approximate surface area is 117 Å². The lowest BCUT2D eigenvalue weighted by Crippen LogP contribution is -2.45. The summed E-state index contributed by atoms with van der Waals surface area (Å²) in [5, 5.41) is 11.6. The molecule has 1 heterocycles. The van der Waals surface area contributed by atoms with Crippen LogP contribution in [0.2, 0.25) is 0 Å². The third kappa shape index (κ3) is 4.90. The van der Waals surface area contributed by atoms with Crippen LogP contribution in [0.25, 0.3) is 0 Å².